The Morgan fingerprint density at radius 1 is 1.14 bits per heavy atom. The van der Waals surface area contributed by atoms with Crippen molar-refractivity contribution in [3.8, 4) is 0 Å². The molecule has 114 valence electrons. The number of hydrogen-bond acceptors (Lipinski definition) is 5. The lowest BCUT2D eigenvalue weighted by atomic mass is 9.67. The predicted octanol–water partition coefficient (Wildman–Crippen LogP) is 2.81. The number of nitro groups is 1. The van der Waals surface area contributed by atoms with Gasteiger partial charge in [0.05, 0.1) is 24.7 Å². The minimum atomic E-state index is -1.31. The van der Waals surface area contributed by atoms with E-state index in [0.29, 0.717) is 25.4 Å². The van der Waals surface area contributed by atoms with Gasteiger partial charge in [0.25, 0.3) is 5.69 Å². The molecule has 0 N–H and O–H groups in total. The summed E-state index contributed by atoms with van der Waals surface area (Å²) in [6.45, 7) is 7.94. The smallest absolute Gasteiger partial charge is 0.312 e. The van der Waals surface area contributed by atoms with Crippen LogP contribution in [0.2, 0.25) is 0 Å². The van der Waals surface area contributed by atoms with Crippen molar-refractivity contribution in [2.24, 2.45) is 10.8 Å². The summed E-state index contributed by atoms with van der Waals surface area (Å²) in [4.78, 5) is 10.5. The Morgan fingerprint density at radius 3 is 2.19 bits per heavy atom. The lowest BCUT2D eigenvalue weighted by molar-refractivity contribution is -0.489. The van der Waals surface area contributed by atoms with Crippen LogP contribution in [0.1, 0.15) is 26.3 Å². The van der Waals surface area contributed by atoms with Crippen LogP contribution in [0.4, 0.5) is 5.69 Å². The number of nitro benzene ring substituents is 1. The Hall–Kier alpha value is -1.50. The van der Waals surface area contributed by atoms with E-state index in [0.717, 1.165) is 0 Å². The molecule has 0 aromatic heterocycles. The van der Waals surface area contributed by atoms with Crippen LogP contribution in [0.3, 0.4) is 0 Å². The van der Waals surface area contributed by atoms with Crippen LogP contribution in [0.5, 0.6) is 0 Å². The fraction of sp³-hybridized carbons (Fsp3) is 0.600. The SMILES string of the molecule is CC(C)(C)C12COC(c3cccc([N+](=O)[O-])c3)(OC1)OC2. The molecule has 2 bridgehead atoms. The summed E-state index contributed by atoms with van der Waals surface area (Å²) < 4.78 is 17.5. The van der Waals surface area contributed by atoms with E-state index in [4.69, 9.17) is 14.2 Å². The van der Waals surface area contributed by atoms with Gasteiger partial charge in [0, 0.05) is 23.1 Å². The number of nitrogens with zero attached hydrogens (tertiary/aromatic N) is 1. The van der Waals surface area contributed by atoms with Gasteiger partial charge in [-0.1, -0.05) is 32.9 Å². The molecule has 0 spiro atoms. The van der Waals surface area contributed by atoms with Gasteiger partial charge in [-0.05, 0) is 5.41 Å². The number of hydrogen-bond donors (Lipinski definition) is 0. The molecule has 0 unspecified atom stereocenters. The lowest BCUT2D eigenvalue weighted by Crippen LogP contribution is -2.62. The maximum Gasteiger partial charge on any atom is 0.312 e. The summed E-state index contributed by atoms with van der Waals surface area (Å²) in [5.74, 6) is -1.31. The maximum absolute atomic E-state index is 10.9. The summed E-state index contributed by atoms with van der Waals surface area (Å²) in [7, 11) is 0. The van der Waals surface area contributed by atoms with Crippen molar-refractivity contribution in [2.75, 3.05) is 19.8 Å². The normalized spacial score (nSPS) is 32.1. The fourth-order valence-corrected chi connectivity index (χ4v) is 2.66. The van der Waals surface area contributed by atoms with E-state index in [1.165, 1.54) is 12.1 Å². The second-order valence-electron chi connectivity index (χ2n) is 6.76. The zero-order valence-corrected chi connectivity index (χ0v) is 12.4. The highest BCUT2D eigenvalue weighted by molar-refractivity contribution is 5.36. The summed E-state index contributed by atoms with van der Waals surface area (Å²) in [6.07, 6.45) is 0. The van der Waals surface area contributed by atoms with Crippen LogP contribution in [0.15, 0.2) is 24.3 Å². The Bertz CT molecular complexity index is 553. The first kappa shape index (κ1) is 14.4. The molecule has 3 aliphatic rings. The average molecular weight is 293 g/mol. The van der Waals surface area contributed by atoms with Crippen LogP contribution < -0.4 is 0 Å². The van der Waals surface area contributed by atoms with Crippen molar-refractivity contribution in [1.82, 2.24) is 0 Å². The van der Waals surface area contributed by atoms with Crippen molar-refractivity contribution in [1.29, 1.82) is 0 Å². The highest BCUT2D eigenvalue weighted by Gasteiger charge is 2.58. The molecule has 4 rings (SSSR count). The Kier molecular flexibility index (Phi) is 3.09. The zero-order chi connectivity index (χ0) is 15.3. The van der Waals surface area contributed by atoms with Gasteiger partial charge in [-0.3, -0.25) is 10.1 Å². The van der Waals surface area contributed by atoms with Gasteiger partial charge < -0.3 is 14.2 Å². The van der Waals surface area contributed by atoms with Crippen molar-refractivity contribution < 1.29 is 19.1 Å². The average Bonchev–Trinajstić information content (AvgIpc) is 2.48. The number of fused-ring (bicyclic) bond motifs is 3. The van der Waals surface area contributed by atoms with Crippen molar-refractivity contribution in [3.05, 3.63) is 39.9 Å². The molecule has 1 aromatic rings. The Morgan fingerprint density at radius 2 is 1.71 bits per heavy atom. The third-order valence-electron chi connectivity index (χ3n) is 4.62. The molecule has 6 nitrogen and oxygen atoms in total. The zero-order valence-electron chi connectivity index (χ0n) is 12.4. The molecule has 0 saturated carbocycles. The number of non-ortho nitro benzene ring substituents is 1. The third-order valence-corrected chi connectivity index (χ3v) is 4.62. The molecule has 0 amide bonds. The Balaban J connectivity index is 1.90. The third kappa shape index (κ3) is 2.14. The summed E-state index contributed by atoms with van der Waals surface area (Å²) >= 11 is 0. The molecule has 0 atom stereocenters. The number of ether oxygens (including phenoxy) is 3. The first-order valence-electron chi connectivity index (χ1n) is 6.95. The quantitative estimate of drug-likeness (QED) is 0.619. The van der Waals surface area contributed by atoms with Gasteiger partial charge in [0.15, 0.2) is 0 Å². The second kappa shape index (κ2) is 4.50. The molecule has 3 saturated heterocycles. The fourth-order valence-electron chi connectivity index (χ4n) is 2.66. The maximum atomic E-state index is 10.9. The standard InChI is InChI=1S/C15H19NO5/c1-13(2,3)14-8-19-15(20-9-14,21-10-14)11-5-4-6-12(7-11)16(17)18/h4-7H,8-10H2,1-3H3. The van der Waals surface area contributed by atoms with E-state index in [2.05, 4.69) is 20.8 Å². The van der Waals surface area contributed by atoms with Crippen LogP contribution in [0, 0.1) is 20.9 Å². The number of benzene rings is 1. The van der Waals surface area contributed by atoms with Crippen LogP contribution >= 0.6 is 0 Å². The highest BCUT2D eigenvalue weighted by atomic mass is 16.9. The first-order chi connectivity index (χ1) is 9.78. The van der Waals surface area contributed by atoms with Gasteiger partial charge in [-0.2, -0.15) is 0 Å². The minimum Gasteiger partial charge on any atom is -0.323 e. The minimum absolute atomic E-state index is 0.00379. The van der Waals surface area contributed by atoms with Crippen LogP contribution in [-0.4, -0.2) is 24.7 Å². The van der Waals surface area contributed by atoms with Crippen molar-refractivity contribution in [3.63, 3.8) is 0 Å². The molecule has 0 aliphatic carbocycles. The Labute approximate surface area is 123 Å². The van der Waals surface area contributed by atoms with E-state index < -0.39 is 10.9 Å². The predicted molar refractivity (Wildman–Crippen MR) is 74.5 cm³/mol. The molecular weight excluding hydrogens is 274 g/mol. The summed E-state index contributed by atoms with van der Waals surface area (Å²) in [5, 5.41) is 10.9. The van der Waals surface area contributed by atoms with Gasteiger partial charge in [0.1, 0.15) is 0 Å². The van der Waals surface area contributed by atoms with E-state index in [-0.39, 0.29) is 16.5 Å². The first-order valence-corrected chi connectivity index (χ1v) is 6.95. The van der Waals surface area contributed by atoms with Crippen LogP contribution in [0.25, 0.3) is 0 Å². The van der Waals surface area contributed by atoms with Gasteiger partial charge in [0.2, 0.25) is 0 Å². The number of rotatable bonds is 2. The van der Waals surface area contributed by atoms with Crippen LogP contribution in [-0.2, 0) is 20.2 Å². The van der Waals surface area contributed by atoms with Gasteiger partial charge in [-0.25, -0.2) is 0 Å². The topological polar surface area (TPSA) is 70.8 Å². The van der Waals surface area contributed by atoms with Crippen molar-refractivity contribution >= 4 is 5.69 Å². The second-order valence-corrected chi connectivity index (χ2v) is 6.76. The van der Waals surface area contributed by atoms with Crippen molar-refractivity contribution in [2.45, 2.75) is 26.7 Å². The lowest BCUT2D eigenvalue weighted by Gasteiger charge is -2.56. The largest absolute Gasteiger partial charge is 0.323 e. The molecule has 3 aliphatic heterocycles. The van der Waals surface area contributed by atoms with Gasteiger partial charge >= 0.3 is 5.97 Å². The molecular formula is C15H19NO5. The van der Waals surface area contributed by atoms with E-state index >= 15 is 0 Å². The van der Waals surface area contributed by atoms with Gasteiger partial charge in [-0.15, -0.1) is 0 Å². The molecule has 3 heterocycles. The molecule has 3 fully saturated rings. The summed E-state index contributed by atoms with van der Waals surface area (Å²) in [6, 6.07) is 6.21. The molecule has 6 heteroatoms. The van der Waals surface area contributed by atoms with E-state index in [9.17, 15) is 10.1 Å². The highest BCUT2D eigenvalue weighted by Crippen LogP contribution is 2.52. The monoisotopic (exact) mass is 293 g/mol. The molecule has 21 heavy (non-hydrogen) atoms. The summed E-state index contributed by atoms with van der Waals surface area (Å²) in [5.41, 5.74) is 0.326. The molecule has 0 radical (unpaired) electrons. The van der Waals surface area contributed by atoms with E-state index in [1.54, 1.807) is 12.1 Å². The van der Waals surface area contributed by atoms with E-state index in [1.807, 2.05) is 0 Å². The molecule has 1 aromatic carbocycles.